The van der Waals surface area contributed by atoms with Gasteiger partial charge in [-0.25, -0.2) is 4.98 Å². The summed E-state index contributed by atoms with van der Waals surface area (Å²) in [4.78, 5) is 10.6. The van der Waals surface area contributed by atoms with Gasteiger partial charge in [-0.15, -0.1) is 0 Å². The third-order valence-corrected chi connectivity index (χ3v) is 4.10. The van der Waals surface area contributed by atoms with Crippen LogP contribution in [0.5, 0.6) is 0 Å². The lowest BCUT2D eigenvalue weighted by Gasteiger charge is -2.30. The van der Waals surface area contributed by atoms with Gasteiger partial charge in [0.2, 0.25) is 0 Å². The molecule has 1 aliphatic rings. The predicted octanol–water partition coefficient (Wildman–Crippen LogP) is 3.18. The number of aromatic nitrogens is 2. The van der Waals surface area contributed by atoms with Crippen molar-refractivity contribution in [3.63, 3.8) is 0 Å². The van der Waals surface area contributed by atoms with E-state index in [0.29, 0.717) is 0 Å². The van der Waals surface area contributed by atoms with Gasteiger partial charge >= 0.3 is 0 Å². The van der Waals surface area contributed by atoms with E-state index < -0.39 is 0 Å². The van der Waals surface area contributed by atoms with Crippen molar-refractivity contribution in [1.29, 1.82) is 0 Å². The van der Waals surface area contributed by atoms with Crippen LogP contribution in [0, 0.1) is 5.92 Å². The van der Waals surface area contributed by atoms with Crippen molar-refractivity contribution < 1.29 is 0 Å². The van der Waals surface area contributed by atoms with Crippen molar-refractivity contribution >= 4 is 11.0 Å². The average Bonchev–Trinajstić information content (AvgIpc) is 2.82. The third-order valence-electron chi connectivity index (χ3n) is 4.10. The van der Waals surface area contributed by atoms with Crippen LogP contribution in [0.4, 0.5) is 0 Å². The fourth-order valence-electron chi connectivity index (χ4n) is 2.85. The lowest BCUT2D eigenvalue weighted by atomic mass is 9.94. The summed E-state index contributed by atoms with van der Waals surface area (Å²) in [5.74, 6) is 2.04. The first-order valence-electron chi connectivity index (χ1n) is 7.01. The molecule has 0 spiro atoms. The van der Waals surface area contributed by atoms with Crippen LogP contribution in [0.1, 0.15) is 32.0 Å². The van der Waals surface area contributed by atoms with Gasteiger partial charge in [-0.1, -0.05) is 25.5 Å². The van der Waals surface area contributed by atoms with Gasteiger partial charge in [0.15, 0.2) is 0 Å². The highest BCUT2D eigenvalue weighted by molar-refractivity contribution is 5.74. The van der Waals surface area contributed by atoms with Crippen molar-refractivity contribution in [3.8, 4) is 0 Å². The fourth-order valence-corrected chi connectivity index (χ4v) is 2.85. The minimum absolute atomic E-state index is 0.942. The summed E-state index contributed by atoms with van der Waals surface area (Å²) in [5, 5.41) is 0. The van der Waals surface area contributed by atoms with Crippen LogP contribution in [0.15, 0.2) is 24.3 Å². The Morgan fingerprint density at radius 2 is 2.06 bits per heavy atom. The van der Waals surface area contributed by atoms with E-state index in [4.69, 9.17) is 0 Å². The van der Waals surface area contributed by atoms with Crippen LogP contribution in [0.2, 0.25) is 0 Å². The number of fused-ring (bicyclic) bond motifs is 1. The number of rotatable bonds is 3. The number of hydrogen-bond acceptors (Lipinski definition) is 2. The van der Waals surface area contributed by atoms with Crippen LogP contribution in [-0.4, -0.2) is 28.0 Å². The molecule has 2 heterocycles. The monoisotopic (exact) mass is 243 g/mol. The molecule has 3 nitrogen and oxygen atoms in total. The van der Waals surface area contributed by atoms with E-state index in [0.717, 1.165) is 29.3 Å². The number of likely N-dealkylation sites (tertiary alicyclic amines) is 1. The van der Waals surface area contributed by atoms with Crippen molar-refractivity contribution in [2.24, 2.45) is 5.92 Å². The van der Waals surface area contributed by atoms with Gasteiger partial charge < -0.3 is 4.98 Å². The first kappa shape index (κ1) is 11.7. The van der Waals surface area contributed by atoms with Gasteiger partial charge in [0, 0.05) is 0 Å². The van der Waals surface area contributed by atoms with E-state index in [1.54, 1.807) is 0 Å². The Morgan fingerprint density at radius 1 is 1.28 bits per heavy atom. The number of piperidine rings is 1. The zero-order valence-corrected chi connectivity index (χ0v) is 11.0. The Hall–Kier alpha value is -1.35. The molecule has 1 aromatic carbocycles. The van der Waals surface area contributed by atoms with Gasteiger partial charge in [-0.2, -0.15) is 0 Å². The summed E-state index contributed by atoms with van der Waals surface area (Å²) in [5.41, 5.74) is 2.23. The number of H-pyrrole nitrogens is 1. The van der Waals surface area contributed by atoms with Crippen LogP contribution in [-0.2, 0) is 6.54 Å². The molecule has 1 aliphatic heterocycles. The number of nitrogens with one attached hydrogen (secondary N) is 1. The Bertz CT molecular complexity index is 476. The Kier molecular flexibility index (Phi) is 3.33. The largest absolute Gasteiger partial charge is 0.341 e. The minimum Gasteiger partial charge on any atom is -0.341 e. The first-order valence-corrected chi connectivity index (χ1v) is 7.01. The minimum atomic E-state index is 0.942. The standard InChI is InChI=1S/C15H21N3/c1-2-12-7-9-18(10-8-12)11-15-16-13-5-3-4-6-14(13)17-15/h3-6,12H,2,7-11H2,1H3,(H,16,17). The maximum atomic E-state index is 4.65. The zero-order chi connectivity index (χ0) is 12.4. The van der Waals surface area contributed by atoms with Crippen molar-refractivity contribution in [3.05, 3.63) is 30.1 Å². The summed E-state index contributed by atoms with van der Waals surface area (Å²) >= 11 is 0. The highest BCUT2D eigenvalue weighted by Crippen LogP contribution is 2.21. The second-order valence-corrected chi connectivity index (χ2v) is 5.33. The van der Waals surface area contributed by atoms with Crippen molar-refractivity contribution in [2.45, 2.75) is 32.7 Å². The number of hydrogen-bond donors (Lipinski definition) is 1. The van der Waals surface area contributed by atoms with E-state index >= 15 is 0 Å². The molecular weight excluding hydrogens is 222 g/mol. The third kappa shape index (κ3) is 2.41. The molecule has 0 saturated carbocycles. The summed E-state index contributed by atoms with van der Waals surface area (Å²) in [6.07, 6.45) is 4.02. The summed E-state index contributed by atoms with van der Waals surface area (Å²) in [6.45, 7) is 5.70. The second-order valence-electron chi connectivity index (χ2n) is 5.33. The SMILES string of the molecule is CCC1CCN(Cc2nc3ccccc3[nH]2)CC1. The Labute approximate surface area is 108 Å². The molecule has 1 aromatic heterocycles. The molecule has 18 heavy (non-hydrogen) atoms. The molecule has 0 radical (unpaired) electrons. The highest BCUT2D eigenvalue weighted by atomic mass is 15.2. The molecule has 96 valence electrons. The van der Waals surface area contributed by atoms with E-state index in [-0.39, 0.29) is 0 Å². The summed E-state index contributed by atoms with van der Waals surface area (Å²) < 4.78 is 0. The molecular formula is C15H21N3. The Balaban J connectivity index is 1.66. The van der Waals surface area contributed by atoms with Gasteiger partial charge in [-0.05, 0) is 44.0 Å². The molecule has 0 atom stereocenters. The second kappa shape index (κ2) is 5.11. The smallest absolute Gasteiger partial charge is 0.121 e. The normalized spacial score (nSPS) is 18.5. The lowest BCUT2D eigenvalue weighted by Crippen LogP contribution is -2.33. The average molecular weight is 243 g/mol. The van der Waals surface area contributed by atoms with E-state index in [1.165, 1.54) is 32.4 Å². The van der Waals surface area contributed by atoms with Gasteiger partial charge in [0.25, 0.3) is 0 Å². The van der Waals surface area contributed by atoms with E-state index in [1.807, 2.05) is 6.07 Å². The van der Waals surface area contributed by atoms with Crippen molar-refractivity contribution in [2.75, 3.05) is 13.1 Å². The molecule has 3 rings (SSSR count). The molecule has 0 amide bonds. The van der Waals surface area contributed by atoms with Crippen molar-refractivity contribution in [1.82, 2.24) is 14.9 Å². The lowest BCUT2D eigenvalue weighted by molar-refractivity contribution is 0.172. The number of para-hydroxylation sites is 2. The van der Waals surface area contributed by atoms with E-state index in [2.05, 4.69) is 40.0 Å². The van der Waals surface area contributed by atoms with Gasteiger partial charge in [0.05, 0.1) is 17.6 Å². The maximum absolute atomic E-state index is 4.65. The van der Waals surface area contributed by atoms with E-state index in [9.17, 15) is 0 Å². The summed E-state index contributed by atoms with van der Waals surface area (Å²) in [7, 11) is 0. The van der Waals surface area contributed by atoms with Crippen LogP contribution in [0.25, 0.3) is 11.0 Å². The Morgan fingerprint density at radius 3 is 2.78 bits per heavy atom. The predicted molar refractivity (Wildman–Crippen MR) is 74.4 cm³/mol. The topological polar surface area (TPSA) is 31.9 Å². The number of nitrogens with zero attached hydrogens (tertiary/aromatic N) is 2. The zero-order valence-electron chi connectivity index (χ0n) is 11.0. The number of aromatic amines is 1. The van der Waals surface area contributed by atoms with Gasteiger partial charge in [-0.3, -0.25) is 4.90 Å². The highest BCUT2D eigenvalue weighted by Gasteiger charge is 2.18. The van der Waals surface area contributed by atoms with Crippen LogP contribution < -0.4 is 0 Å². The number of benzene rings is 1. The van der Waals surface area contributed by atoms with Crippen LogP contribution >= 0.6 is 0 Å². The molecule has 0 aliphatic carbocycles. The molecule has 0 bridgehead atoms. The summed E-state index contributed by atoms with van der Waals surface area (Å²) in [6, 6.07) is 8.25. The molecule has 1 saturated heterocycles. The molecule has 1 fully saturated rings. The number of imidazole rings is 1. The van der Waals surface area contributed by atoms with Gasteiger partial charge in [0.1, 0.15) is 5.82 Å². The van der Waals surface area contributed by atoms with Crippen LogP contribution in [0.3, 0.4) is 0 Å². The molecule has 0 unspecified atom stereocenters. The molecule has 1 N–H and O–H groups in total. The first-order chi connectivity index (χ1) is 8.85. The molecule has 2 aromatic rings. The molecule has 3 heteroatoms. The quantitative estimate of drug-likeness (QED) is 0.897. The fraction of sp³-hybridized carbons (Fsp3) is 0.533. The maximum Gasteiger partial charge on any atom is 0.121 e.